The van der Waals surface area contributed by atoms with E-state index in [0.717, 1.165) is 133 Å². The second-order valence-electron chi connectivity index (χ2n) is 28.5. The van der Waals surface area contributed by atoms with Gasteiger partial charge in [0.1, 0.15) is 17.1 Å². The smallest absolute Gasteiger partial charge is 0.423 e. The van der Waals surface area contributed by atoms with Crippen LogP contribution in [0, 0.1) is 0 Å². The first-order valence-electron chi connectivity index (χ1n) is 37.4. The minimum Gasteiger partial charge on any atom is -0.423 e. The first-order valence-corrected chi connectivity index (χ1v) is 40.9. The molecule has 14 nitrogen and oxygen atoms in total. The number of halogens is 8. The average molecular weight is 1770 g/mol. The summed E-state index contributed by atoms with van der Waals surface area (Å²) in [6.07, 6.45) is 1.58. The Morgan fingerprint density at radius 1 is 0.395 bits per heavy atom. The summed E-state index contributed by atoms with van der Waals surface area (Å²) >= 11 is 45.2. The van der Waals surface area contributed by atoms with Crippen molar-refractivity contribution in [3.05, 3.63) is 360 Å². The lowest BCUT2D eigenvalue weighted by atomic mass is 9.78. The lowest BCUT2D eigenvalue weighted by Gasteiger charge is -2.32. The van der Waals surface area contributed by atoms with Gasteiger partial charge in [0.2, 0.25) is 0 Å². The summed E-state index contributed by atoms with van der Waals surface area (Å²) in [6, 6.07) is 98.8. The van der Waals surface area contributed by atoms with E-state index in [9.17, 15) is 9.59 Å². The predicted molar refractivity (Wildman–Crippen MR) is 502 cm³/mol. The van der Waals surface area contributed by atoms with Crippen LogP contribution in [0.3, 0.4) is 0 Å². The van der Waals surface area contributed by atoms with Crippen LogP contribution < -0.4 is 22.4 Å². The highest BCUT2D eigenvalue weighted by Gasteiger charge is 2.52. The number of anilines is 2. The number of carbonyl (C=O) groups is 2. The van der Waals surface area contributed by atoms with Gasteiger partial charge in [-0.15, -0.1) is 0 Å². The Morgan fingerprint density at radius 3 is 1.33 bits per heavy atom. The Hall–Kier alpha value is -11.1. The molecule has 0 aliphatic carbocycles. The molecule has 19 aromatic rings. The quantitative estimate of drug-likeness (QED) is 0.0439. The molecule has 24 heteroatoms. The molecule has 119 heavy (non-hydrogen) atoms. The molecule has 0 saturated carbocycles. The lowest BCUT2D eigenvalue weighted by Crippen LogP contribution is -2.41. The zero-order chi connectivity index (χ0) is 83.8. The molecule has 0 spiro atoms. The first-order chi connectivity index (χ1) is 57.4. The van der Waals surface area contributed by atoms with Gasteiger partial charge in [-0.2, -0.15) is 0 Å². The highest BCUT2D eigenvalue weighted by molar-refractivity contribution is 9.10. The number of pyridine rings is 2. The molecule has 1 saturated heterocycles. The third-order valence-corrected chi connectivity index (χ3v) is 23.0. The van der Waals surface area contributed by atoms with Crippen molar-refractivity contribution in [2.24, 2.45) is 0 Å². The number of hydrogen-bond donors (Lipinski definition) is 5. The number of carbonyl (C=O) groups excluding carboxylic acids is 2. The standard InChI is InChI=1S/C25H23BN2O2.C19H12Cl2N2.C19H11ClN2.C13H8Cl2O.C7H4BrClO.C6H6BClO2.C6H8N2/c1-24(2)25(3,4)30-26(29-24)16-13-14-18-19(15-16)17-9-5-7-11-21(17)28-22-12-8-6-10-20(22)27-23(18)28;20-12-9-10-14(15(11-12)13-5-1-2-6-16(13)21)19-22-17-7-3-4-8-18(17)23-19;20-12-9-10-14-15(11-12)13-5-1-3-7-17(13)22-18-8-4-2-6-16(18)21-19(14)22;14-10-6-5-9(8-16)12(7-10)11-3-1-2-4-13(11)15;8-7-3-6(9)2-1-5(7)4-10;8-6-4-2-1-3-5(6)7(9)10;7-5-3-1-2-4-6(5)8/h5-15H,1-4H3;1-11H,(H,22,23);1-11H;1-8H;1-4H;1-4,9-10H;1-4H,7-8H2. The third-order valence-electron chi connectivity index (χ3n) is 20.4. The first kappa shape index (κ1) is 84.4. The number of nitrogens with two attached hydrogens (primary N) is 2. The normalized spacial score (nSPS) is 12.5. The summed E-state index contributed by atoms with van der Waals surface area (Å²) in [5.74, 6) is 0.804. The van der Waals surface area contributed by atoms with Crippen molar-refractivity contribution in [1.29, 1.82) is 0 Å². The van der Waals surface area contributed by atoms with Gasteiger partial charge in [0.15, 0.2) is 12.6 Å². The van der Waals surface area contributed by atoms with Gasteiger partial charge in [0, 0.05) is 94.5 Å². The molecule has 1 aliphatic heterocycles. The van der Waals surface area contributed by atoms with Gasteiger partial charge in [-0.05, 0) is 207 Å². The molecular weight excluding hydrogens is 1700 g/mol. The van der Waals surface area contributed by atoms with E-state index < -0.39 is 7.12 Å². The van der Waals surface area contributed by atoms with E-state index >= 15 is 0 Å². The molecule has 14 aromatic carbocycles. The number of rotatable bonds is 7. The minimum absolute atomic E-state index is 0.337. The number of imidazole rings is 3. The number of benzene rings is 14. The predicted octanol–water partition coefficient (Wildman–Crippen LogP) is 25.0. The van der Waals surface area contributed by atoms with Crippen LogP contribution in [0.5, 0.6) is 0 Å². The van der Waals surface area contributed by atoms with Crippen LogP contribution in [0.4, 0.5) is 11.4 Å². The number of nitrogen functional groups attached to an aromatic ring is 2. The maximum atomic E-state index is 10.9. The highest BCUT2D eigenvalue weighted by atomic mass is 79.9. The SMILES string of the molecule is CC1(C)OB(c2ccc3c(c2)c2ccccc2n2c4ccccc4nc32)OC1(C)C.Clc1ccc(-c2nc3ccccc3[nH]2)c(-c2ccccc2Cl)c1.Clc1ccc2c(c1)c1ccccc1n1c3ccccc3nc21.Nc1ccccc1N.O=Cc1ccc(Cl)cc1-c1ccccc1Cl.O=Cc1ccc(Cl)cc1Br.OB(O)c1ccccc1Cl. The van der Waals surface area contributed by atoms with E-state index in [1.807, 2.05) is 121 Å². The van der Waals surface area contributed by atoms with E-state index in [2.05, 4.69) is 172 Å². The van der Waals surface area contributed by atoms with Crippen molar-refractivity contribution in [2.45, 2.75) is 38.9 Å². The van der Waals surface area contributed by atoms with Crippen molar-refractivity contribution < 1.29 is 28.9 Å². The van der Waals surface area contributed by atoms with Gasteiger partial charge in [0.25, 0.3) is 0 Å². The summed E-state index contributed by atoms with van der Waals surface area (Å²) < 4.78 is 17.8. The summed E-state index contributed by atoms with van der Waals surface area (Å²) in [5.41, 5.74) is 28.8. The van der Waals surface area contributed by atoms with E-state index in [4.69, 9.17) is 122 Å². The maximum absolute atomic E-state index is 10.9. The van der Waals surface area contributed by atoms with Gasteiger partial charge in [0.05, 0.1) is 66.7 Å². The fourth-order valence-corrected chi connectivity index (χ4v) is 15.8. The van der Waals surface area contributed by atoms with E-state index in [0.29, 0.717) is 58.1 Å². The number of fused-ring (bicyclic) bond motifs is 17. The molecule has 1 aliphatic rings. The summed E-state index contributed by atoms with van der Waals surface area (Å²) in [6.45, 7) is 8.35. The van der Waals surface area contributed by atoms with Crippen LogP contribution in [-0.2, 0) is 9.31 Å². The van der Waals surface area contributed by atoms with E-state index in [-0.39, 0.29) is 18.3 Å². The molecule has 590 valence electrons. The Kier molecular flexibility index (Phi) is 26.3. The highest BCUT2D eigenvalue weighted by Crippen LogP contribution is 2.41. The molecule has 0 unspecified atom stereocenters. The van der Waals surface area contributed by atoms with Gasteiger partial charge in [-0.1, -0.05) is 255 Å². The summed E-state index contributed by atoms with van der Waals surface area (Å²) in [4.78, 5) is 39.1. The van der Waals surface area contributed by atoms with Crippen molar-refractivity contribution in [2.75, 3.05) is 11.5 Å². The lowest BCUT2D eigenvalue weighted by molar-refractivity contribution is 0.00578. The number of hydrogen-bond acceptors (Lipinski definition) is 11. The number of nitrogens with one attached hydrogen (secondary N) is 1. The largest absolute Gasteiger partial charge is 0.494 e. The number of aromatic nitrogens is 6. The summed E-state index contributed by atoms with van der Waals surface area (Å²) in [5, 5.41) is 28.6. The molecule has 0 atom stereocenters. The number of aldehydes is 2. The summed E-state index contributed by atoms with van der Waals surface area (Å²) in [7, 11) is -1.86. The topological polar surface area (TPSA) is 208 Å². The molecule has 0 bridgehead atoms. The minimum atomic E-state index is -1.48. The third kappa shape index (κ3) is 18.5. The fraction of sp³-hybridized carbons (Fsp3) is 0.0632. The Labute approximate surface area is 729 Å². The van der Waals surface area contributed by atoms with Crippen LogP contribution in [0.2, 0.25) is 35.2 Å². The Balaban J connectivity index is 0.000000119. The molecule has 0 radical (unpaired) electrons. The molecule has 6 heterocycles. The zero-order valence-electron chi connectivity index (χ0n) is 64.2. The van der Waals surface area contributed by atoms with Crippen LogP contribution in [0.25, 0.3) is 121 Å². The van der Waals surface area contributed by atoms with Crippen molar-refractivity contribution in [3.8, 4) is 33.6 Å². The van der Waals surface area contributed by atoms with Gasteiger partial charge in [-0.25, -0.2) is 15.0 Å². The Morgan fingerprint density at radius 2 is 0.815 bits per heavy atom. The van der Waals surface area contributed by atoms with Gasteiger partial charge < -0.3 is 35.8 Å². The number of nitrogens with zero attached hydrogens (tertiary/aromatic N) is 5. The molecule has 0 amide bonds. The molecular formula is C95H72B2BrCl7N8O6. The molecule has 20 rings (SSSR count). The Bertz CT molecular complexity index is 6940. The number of para-hydroxylation sites is 10. The average Bonchev–Trinajstić information content (AvgIpc) is 1.60. The second-order valence-corrected chi connectivity index (χ2v) is 32.4. The van der Waals surface area contributed by atoms with Crippen LogP contribution in [0.15, 0.2) is 314 Å². The second kappa shape index (κ2) is 37.0. The molecule has 7 N–H and O–H groups in total. The number of aromatic amines is 1. The number of H-pyrrole nitrogens is 1. The van der Waals surface area contributed by atoms with Gasteiger partial charge >= 0.3 is 14.2 Å². The molecule has 5 aromatic heterocycles. The van der Waals surface area contributed by atoms with Crippen LogP contribution in [0.1, 0.15) is 48.4 Å². The molecule has 1 fully saturated rings. The zero-order valence-corrected chi connectivity index (χ0v) is 71.1. The fourth-order valence-electron chi connectivity index (χ4n) is 13.8. The van der Waals surface area contributed by atoms with Crippen LogP contribution in [-0.4, -0.2) is 76.8 Å². The van der Waals surface area contributed by atoms with E-state index in [1.165, 1.54) is 16.2 Å². The van der Waals surface area contributed by atoms with Crippen LogP contribution >= 0.6 is 97.1 Å². The van der Waals surface area contributed by atoms with Gasteiger partial charge in [-0.3, -0.25) is 18.4 Å². The monoisotopic (exact) mass is 1770 g/mol. The maximum Gasteiger partial charge on any atom is 0.494 e. The van der Waals surface area contributed by atoms with E-state index in [1.54, 1.807) is 78.9 Å². The van der Waals surface area contributed by atoms with Crippen molar-refractivity contribution in [1.82, 2.24) is 28.7 Å². The van der Waals surface area contributed by atoms with Crippen molar-refractivity contribution in [3.63, 3.8) is 0 Å². The van der Waals surface area contributed by atoms with Crippen molar-refractivity contribution >= 4 is 234 Å².